The van der Waals surface area contributed by atoms with E-state index in [9.17, 15) is 9.59 Å². The second kappa shape index (κ2) is 6.21. The van der Waals surface area contributed by atoms with Gasteiger partial charge in [-0.2, -0.15) is 0 Å². The summed E-state index contributed by atoms with van der Waals surface area (Å²) in [5.74, 6) is -0.309. The van der Waals surface area contributed by atoms with Gasteiger partial charge in [0.25, 0.3) is 0 Å². The van der Waals surface area contributed by atoms with Gasteiger partial charge in [-0.1, -0.05) is 38.5 Å². The molecule has 0 amide bonds. The Morgan fingerprint density at radius 1 is 1.35 bits per heavy atom. The van der Waals surface area contributed by atoms with Gasteiger partial charge in [0.2, 0.25) is 0 Å². The van der Waals surface area contributed by atoms with Gasteiger partial charge in [-0.05, 0) is 12.2 Å². The van der Waals surface area contributed by atoms with Gasteiger partial charge in [-0.3, -0.25) is 4.57 Å². The lowest BCUT2D eigenvalue weighted by Crippen LogP contribution is -2.28. The van der Waals surface area contributed by atoms with E-state index in [4.69, 9.17) is 4.42 Å². The lowest BCUT2D eigenvalue weighted by Gasteiger charge is -2.14. The number of fused-ring (bicyclic) bond motifs is 1. The SMILES string of the molecule is CCC(CC)Cn1c(=O)oc(=O)c2cnc(SC)nc21. The Morgan fingerprint density at radius 3 is 2.65 bits per heavy atom. The average Bonchev–Trinajstić information content (AvgIpc) is 2.46. The Labute approximate surface area is 120 Å². The fourth-order valence-electron chi connectivity index (χ4n) is 2.05. The van der Waals surface area contributed by atoms with Gasteiger partial charge < -0.3 is 4.42 Å². The normalized spacial score (nSPS) is 11.4. The van der Waals surface area contributed by atoms with E-state index in [1.54, 1.807) is 0 Å². The Hall–Kier alpha value is -1.63. The maximum Gasteiger partial charge on any atom is 0.423 e. The molecule has 0 unspecified atom stereocenters. The lowest BCUT2D eigenvalue weighted by molar-refractivity contribution is 0.358. The maximum atomic E-state index is 12.0. The number of thioether (sulfide) groups is 1. The summed E-state index contributed by atoms with van der Waals surface area (Å²) in [5, 5.41) is 0.772. The van der Waals surface area contributed by atoms with Gasteiger partial charge in [-0.15, -0.1) is 0 Å². The van der Waals surface area contributed by atoms with E-state index < -0.39 is 11.4 Å². The molecule has 0 spiro atoms. The largest absolute Gasteiger partial charge is 0.423 e. The van der Waals surface area contributed by atoms with Crippen LogP contribution in [0, 0.1) is 5.92 Å². The Morgan fingerprint density at radius 2 is 2.05 bits per heavy atom. The summed E-state index contributed by atoms with van der Waals surface area (Å²) < 4.78 is 6.19. The summed E-state index contributed by atoms with van der Waals surface area (Å²) in [7, 11) is 0. The molecule has 0 aliphatic heterocycles. The standard InChI is InChI=1S/C13H17N3O3S/c1-4-8(5-2)7-16-10-9(11(17)19-13(16)18)6-14-12(15-10)20-3/h6,8H,4-5,7H2,1-3H3. The molecule has 0 saturated carbocycles. The van der Waals surface area contributed by atoms with E-state index in [1.165, 1.54) is 22.5 Å². The summed E-state index contributed by atoms with van der Waals surface area (Å²) in [6.45, 7) is 4.64. The molecule has 0 atom stereocenters. The van der Waals surface area contributed by atoms with Gasteiger partial charge in [0.15, 0.2) is 10.8 Å². The molecule has 108 valence electrons. The zero-order chi connectivity index (χ0) is 14.7. The second-order valence-corrected chi connectivity index (χ2v) is 5.32. The topological polar surface area (TPSA) is 78.0 Å². The van der Waals surface area contributed by atoms with Crippen molar-refractivity contribution in [3.05, 3.63) is 27.2 Å². The van der Waals surface area contributed by atoms with Crippen LogP contribution < -0.4 is 11.4 Å². The van der Waals surface area contributed by atoms with Crippen molar-refractivity contribution in [1.29, 1.82) is 0 Å². The van der Waals surface area contributed by atoms with Gasteiger partial charge in [0.05, 0.1) is 0 Å². The van der Waals surface area contributed by atoms with Crippen molar-refractivity contribution in [2.75, 3.05) is 6.26 Å². The van der Waals surface area contributed by atoms with E-state index in [-0.39, 0.29) is 5.39 Å². The predicted molar refractivity (Wildman–Crippen MR) is 78.2 cm³/mol. The Kier molecular flexibility index (Phi) is 4.59. The molecule has 20 heavy (non-hydrogen) atoms. The number of hydrogen-bond acceptors (Lipinski definition) is 6. The predicted octanol–water partition coefficient (Wildman–Crippen LogP) is 1.90. The summed E-state index contributed by atoms with van der Waals surface area (Å²) in [6.07, 6.45) is 5.16. The third-order valence-electron chi connectivity index (χ3n) is 3.40. The van der Waals surface area contributed by atoms with Crippen LogP contribution in [0.15, 0.2) is 25.4 Å². The van der Waals surface area contributed by atoms with Crippen molar-refractivity contribution in [2.24, 2.45) is 5.92 Å². The van der Waals surface area contributed by atoms with Crippen LogP contribution in [-0.4, -0.2) is 20.8 Å². The zero-order valence-electron chi connectivity index (χ0n) is 11.8. The first-order chi connectivity index (χ1) is 9.60. The van der Waals surface area contributed by atoms with Crippen molar-refractivity contribution in [1.82, 2.24) is 14.5 Å². The molecule has 0 aliphatic rings. The van der Waals surface area contributed by atoms with Crippen LogP contribution in [0.1, 0.15) is 26.7 Å². The van der Waals surface area contributed by atoms with Crippen LogP contribution in [0.4, 0.5) is 0 Å². The quantitative estimate of drug-likeness (QED) is 0.619. The maximum absolute atomic E-state index is 12.0. The molecule has 2 aromatic heterocycles. The van der Waals surface area contributed by atoms with E-state index in [2.05, 4.69) is 23.8 Å². The second-order valence-electron chi connectivity index (χ2n) is 4.54. The molecule has 2 rings (SSSR count). The van der Waals surface area contributed by atoms with Crippen LogP contribution in [-0.2, 0) is 6.54 Å². The molecule has 0 bridgehead atoms. The monoisotopic (exact) mass is 295 g/mol. The van der Waals surface area contributed by atoms with Crippen LogP contribution >= 0.6 is 11.8 Å². The van der Waals surface area contributed by atoms with Gasteiger partial charge >= 0.3 is 11.4 Å². The summed E-state index contributed by atoms with van der Waals surface area (Å²) >= 11 is 1.36. The van der Waals surface area contributed by atoms with Crippen LogP contribution in [0.5, 0.6) is 0 Å². The first-order valence-electron chi connectivity index (χ1n) is 6.55. The molecular formula is C13H17N3O3S. The van der Waals surface area contributed by atoms with Crippen LogP contribution in [0.25, 0.3) is 11.0 Å². The molecule has 2 aromatic rings. The van der Waals surface area contributed by atoms with Crippen molar-refractivity contribution in [3.8, 4) is 0 Å². The first kappa shape index (κ1) is 14.8. The van der Waals surface area contributed by atoms with E-state index >= 15 is 0 Å². The van der Waals surface area contributed by atoms with E-state index in [1.807, 2.05) is 6.26 Å². The van der Waals surface area contributed by atoms with E-state index in [0.717, 1.165) is 12.8 Å². The minimum atomic E-state index is -0.682. The molecule has 0 aliphatic carbocycles. The highest BCUT2D eigenvalue weighted by molar-refractivity contribution is 7.98. The average molecular weight is 295 g/mol. The fraction of sp³-hybridized carbons (Fsp3) is 0.538. The summed E-state index contributed by atoms with van der Waals surface area (Å²) in [5.41, 5.74) is -0.323. The summed E-state index contributed by atoms with van der Waals surface area (Å²) in [6, 6.07) is 0. The number of nitrogens with zero attached hydrogens (tertiary/aromatic N) is 3. The number of hydrogen-bond donors (Lipinski definition) is 0. The number of rotatable bonds is 5. The highest BCUT2D eigenvalue weighted by Crippen LogP contribution is 2.15. The molecule has 7 heteroatoms. The minimum Gasteiger partial charge on any atom is -0.372 e. The first-order valence-corrected chi connectivity index (χ1v) is 7.77. The molecule has 2 heterocycles. The highest BCUT2D eigenvalue weighted by Gasteiger charge is 2.15. The van der Waals surface area contributed by atoms with Crippen LogP contribution in [0.3, 0.4) is 0 Å². The molecule has 0 radical (unpaired) electrons. The molecule has 6 nitrogen and oxygen atoms in total. The Balaban J connectivity index is 2.68. The molecule has 0 saturated heterocycles. The smallest absolute Gasteiger partial charge is 0.372 e. The van der Waals surface area contributed by atoms with E-state index in [0.29, 0.717) is 23.3 Å². The van der Waals surface area contributed by atoms with Crippen molar-refractivity contribution in [2.45, 2.75) is 38.4 Å². The molecule has 0 N–H and O–H groups in total. The lowest BCUT2D eigenvalue weighted by atomic mass is 10.0. The molecular weight excluding hydrogens is 278 g/mol. The third-order valence-corrected chi connectivity index (χ3v) is 3.96. The minimum absolute atomic E-state index is 0.244. The van der Waals surface area contributed by atoms with Crippen molar-refractivity contribution < 1.29 is 4.42 Å². The third kappa shape index (κ3) is 2.77. The van der Waals surface area contributed by atoms with Crippen molar-refractivity contribution >= 4 is 22.8 Å². The zero-order valence-corrected chi connectivity index (χ0v) is 12.6. The fourth-order valence-corrected chi connectivity index (χ4v) is 2.38. The molecule has 0 aromatic carbocycles. The summed E-state index contributed by atoms with van der Waals surface area (Å²) in [4.78, 5) is 32.0. The molecule has 0 fully saturated rings. The van der Waals surface area contributed by atoms with Gasteiger partial charge in [-0.25, -0.2) is 19.6 Å². The van der Waals surface area contributed by atoms with Gasteiger partial charge in [0.1, 0.15) is 5.39 Å². The Bertz CT molecular complexity index is 719. The highest BCUT2D eigenvalue weighted by atomic mass is 32.2. The number of aromatic nitrogens is 3. The van der Waals surface area contributed by atoms with Crippen molar-refractivity contribution in [3.63, 3.8) is 0 Å². The van der Waals surface area contributed by atoms with Crippen LogP contribution in [0.2, 0.25) is 0 Å². The van der Waals surface area contributed by atoms with Gasteiger partial charge in [0, 0.05) is 12.7 Å².